The zero-order valence-electron chi connectivity index (χ0n) is 30.9. The van der Waals surface area contributed by atoms with Crippen LogP contribution in [-0.2, 0) is 11.0 Å². The summed E-state index contributed by atoms with van der Waals surface area (Å²) in [6.45, 7) is 0.876. The maximum absolute atomic E-state index is 16.1. The van der Waals surface area contributed by atoms with E-state index in [2.05, 4.69) is 20.6 Å². The van der Waals surface area contributed by atoms with Crippen molar-refractivity contribution in [2.45, 2.75) is 62.6 Å². The second-order valence-electron chi connectivity index (χ2n) is 14.9. The summed E-state index contributed by atoms with van der Waals surface area (Å²) >= 11 is 0. The van der Waals surface area contributed by atoms with E-state index in [1.165, 1.54) is 24.3 Å². The van der Waals surface area contributed by atoms with Crippen LogP contribution in [0, 0.1) is 5.92 Å². The first-order chi connectivity index (χ1) is 27.3. The van der Waals surface area contributed by atoms with Crippen LogP contribution in [0.2, 0.25) is 0 Å². The van der Waals surface area contributed by atoms with E-state index in [4.69, 9.17) is 9.84 Å². The van der Waals surface area contributed by atoms with Crippen LogP contribution in [0.25, 0.3) is 21.7 Å². The highest BCUT2D eigenvalue weighted by molar-refractivity contribution is 6.10. The first-order valence-corrected chi connectivity index (χ1v) is 18.8. The molecule has 8 rings (SSSR count). The SMILES string of the molecule is COc1cc2nn([C@H]3CC[C@H](CN4CCC(c5cccc6c(N7CCC(=O)NC7=O)cncc56)C(F)(F)C4)CC3)cc2cc1NC(=O)c1cccc(C(F)(F)F)n1. The Hall–Kier alpha value is -5.71. The van der Waals surface area contributed by atoms with Gasteiger partial charge in [-0.05, 0) is 68.3 Å². The summed E-state index contributed by atoms with van der Waals surface area (Å²) in [6.07, 6.45) is 3.89. The lowest BCUT2D eigenvalue weighted by atomic mass is 9.82. The van der Waals surface area contributed by atoms with Gasteiger partial charge in [-0.1, -0.05) is 24.3 Å². The molecule has 0 radical (unpaired) electrons. The molecule has 2 N–H and O–H groups in total. The van der Waals surface area contributed by atoms with E-state index in [-0.39, 0.29) is 55.2 Å². The van der Waals surface area contributed by atoms with Gasteiger partial charge >= 0.3 is 12.2 Å². The molecule has 1 saturated carbocycles. The van der Waals surface area contributed by atoms with E-state index in [1.54, 1.807) is 36.5 Å². The highest BCUT2D eigenvalue weighted by Gasteiger charge is 2.46. The van der Waals surface area contributed by atoms with Crippen LogP contribution in [-0.4, -0.2) is 81.7 Å². The van der Waals surface area contributed by atoms with Crippen LogP contribution in [0.1, 0.15) is 72.2 Å². The number of aromatic nitrogens is 4. The van der Waals surface area contributed by atoms with Crippen LogP contribution in [0.15, 0.2) is 67.1 Å². The number of nitrogens with zero attached hydrogens (tertiary/aromatic N) is 6. The zero-order chi connectivity index (χ0) is 40.1. The van der Waals surface area contributed by atoms with Crippen LogP contribution in [0.5, 0.6) is 5.75 Å². The van der Waals surface area contributed by atoms with Gasteiger partial charge in [0.1, 0.15) is 17.1 Å². The Kier molecular flexibility index (Phi) is 10.0. The maximum Gasteiger partial charge on any atom is 0.433 e. The Morgan fingerprint density at radius 1 is 1.00 bits per heavy atom. The van der Waals surface area contributed by atoms with Crippen LogP contribution in [0.3, 0.4) is 0 Å². The van der Waals surface area contributed by atoms with Crippen molar-refractivity contribution < 1.29 is 41.1 Å². The van der Waals surface area contributed by atoms with Crippen LogP contribution >= 0.6 is 0 Å². The van der Waals surface area contributed by atoms with Gasteiger partial charge in [-0.25, -0.2) is 18.6 Å². The first kappa shape index (κ1) is 38.2. The molecule has 2 saturated heterocycles. The third kappa shape index (κ3) is 7.72. The molecule has 5 aromatic rings. The monoisotopic (exact) mass is 790 g/mol. The van der Waals surface area contributed by atoms with E-state index in [9.17, 15) is 27.6 Å². The van der Waals surface area contributed by atoms with Gasteiger partial charge in [-0.2, -0.15) is 18.3 Å². The molecule has 2 aliphatic heterocycles. The number of ether oxygens (including phenoxy) is 1. The lowest BCUT2D eigenvalue weighted by Gasteiger charge is -2.41. The van der Waals surface area contributed by atoms with Gasteiger partial charge in [-0.3, -0.25) is 34.4 Å². The summed E-state index contributed by atoms with van der Waals surface area (Å²) in [5, 5.41) is 11.6. The summed E-state index contributed by atoms with van der Waals surface area (Å²) in [6, 6.07) is 11.2. The van der Waals surface area contributed by atoms with Crippen molar-refractivity contribution in [1.29, 1.82) is 0 Å². The highest BCUT2D eigenvalue weighted by atomic mass is 19.4. The Bertz CT molecular complexity index is 2360. The van der Waals surface area contributed by atoms with Gasteiger partial charge in [0.15, 0.2) is 0 Å². The van der Waals surface area contributed by atoms with Crippen molar-refractivity contribution in [2.75, 3.05) is 43.5 Å². The third-order valence-electron chi connectivity index (χ3n) is 11.3. The minimum Gasteiger partial charge on any atom is -0.494 e. The van der Waals surface area contributed by atoms with Gasteiger partial charge < -0.3 is 10.1 Å². The Morgan fingerprint density at radius 2 is 1.79 bits per heavy atom. The van der Waals surface area contributed by atoms with Gasteiger partial charge in [0.05, 0.1) is 48.7 Å². The molecule has 57 heavy (non-hydrogen) atoms. The summed E-state index contributed by atoms with van der Waals surface area (Å²) in [7, 11) is 1.41. The van der Waals surface area contributed by atoms with Gasteiger partial charge in [-0.15, -0.1) is 0 Å². The third-order valence-corrected chi connectivity index (χ3v) is 11.3. The fourth-order valence-corrected chi connectivity index (χ4v) is 8.45. The van der Waals surface area contributed by atoms with Gasteiger partial charge in [0.25, 0.3) is 11.8 Å². The average Bonchev–Trinajstić information content (AvgIpc) is 3.60. The largest absolute Gasteiger partial charge is 0.494 e. The Morgan fingerprint density at radius 3 is 2.53 bits per heavy atom. The number of methoxy groups -OCH3 is 1. The maximum atomic E-state index is 16.1. The number of benzene rings is 2. The number of amides is 4. The number of alkyl halides is 5. The smallest absolute Gasteiger partial charge is 0.433 e. The van der Waals surface area contributed by atoms with Crippen molar-refractivity contribution in [3.8, 4) is 5.75 Å². The number of carbonyl (C=O) groups excluding carboxylic acids is 3. The number of nitrogens with one attached hydrogen (secondary N) is 2. The molecular weight excluding hydrogens is 751 g/mol. The minimum atomic E-state index is -4.70. The minimum absolute atomic E-state index is 0.0699. The number of anilines is 2. The molecule has 0 bridgehead atoms. The summed E-state index contributed by atoms with van der Waals surface area (Å²) in [4.78, 5) is 48.2. The molecule has 3 fully saturated rings. The van der Waals surface area contributed by atoms with Gasteiger partial charge in [0.2, 0.25) is 5.91 Å². The molecule has 4 amide bonds. The molecule has 12 nitrogen and oxygen atoms in total. The van der Waals surface area contributed by atoms with Crippen molar-refractivity contribution in [3.05, 3.63) is 84.1 Å². The summed E-state index contributed by atoms with van der Waals surface area (Å²) < 4.78 is 79.0. The number of piperidine rings is 1. The number of urea groups is 1. The molecule has 1 aliphatic carbocycles. The van der Waals surface area contributed by atoms with Crippen molar-refractivity contribution in [3.63, 3.8) is 0 Å². The fraction of sp³-hybridized carbons (Fsp3) is 0.400. The molecule has 3 aromatic heterocycles. The lowest BCUT2D eigenvalue weighted by molar-refractivity contribution is -0.141. The van der Waals surface area contributed by atoms with Crippen LogP contribution < -0.4 is 20.3 Å². The van der Waals surface area contributed by atoms with Crippen molar-refractivity contribution in [2.24, 2.45) is 5.92 Å². The molecule has 298 valence electrons. The normalized spacial score (nSPS) is 21.8. The second kappa shape index (κ2) is 15.0. The van der Waals surface area contributed by atoms with E-state index < -0.39 is 41.3 Å². The molecule has 1 atom stereocenters. The predicted octanol–water partition coefficient (Wildman–Crippen LogP) is 7.56. The quantitative estimate of drug-likeness (QED) is 0.154. The van der Waals surface area contributed by atoms with Crippen molar-refractivity contribution >= 4 is 50.9 Å². The van der Waals surface area contributed by atoms with E-state index in [0.717, 1.165) is 37.8 Å². The summed E-state index contributed by atoms with van der Waals surface area (Å²) in [5.74, 6) is -4.70. The van der Waals surface area contributed by atoms with Crippen LogP contribution in [0.4, 0.5) is 38.1 Å². The highest BCUT2D eigenvalue weighted by Crippen LogP contribution is 2.45. The number of halogens is 5. The number of hydrogen-bond donors (Lipinski definition) is 2. The standard InChI is InChI=1S/C40H39F5N8O4/c1-57-34-17-31-24(16-32(34)48-37(55)30-6-3-7-35(47-30)40(43,44)45)21-53(50-31)25-10-8-23(9-11-25)20-51-14-12-29(39(41,42)22-51)26-4-2-5-27-28(26)18-46-19-33(27)52-15-13-36(54)49-38(52)56/h2-7,16-19,21,23,25,29H,8-15,20,22H2,1H3,(H,48,55)(H,49,54,56)/t23-,25-,29?. The Balaban J connectivity index is 0.897. The number of fused-ring (bicyclic) bond motifs is 2. The van der Waals surface area contributed by atoms with E-state index in [1.807, 2.05) is 15.8 Å². The topological polar surface area (TPSA) is 135 Å². The molecular formula is C40H39F5N8O4. The summed E-state index contributed by atoms with van der Waals surface area (Å²) in [5.41, 5.74) is 0.269. The average molecular weight is 791 g/mol. The zero-order valence-corrected chi connectivity index (χ0v) is 30.9. The molecule has 2 aromatic carbocycles. The first-order valence-electron chi connectivity index (χ1n) is 18.8. The molecule has 17 heteroatoms. The molecule has 1 unspecified atom stereocenters. The lowest BCUT2D eigenvalue weighted by Crippen LogP contribution is -2.49. The fourth-order valence-electron chi connectivity index (χ4n) is 8.45. The van der Waals surface area contributed by atoms with E-state index >= 15 is 8.78 Å². The molecule has 3 aliphatic rings. The molecule has 5 heterocycles. The second-order valence-corrected chi connectivity index (χ2v) is 14.9. The number of imide groups is 1. The molecule has 0 spiro atoms. The number of hydrogen-bond acceptors (Lipinski definition) is 8. The number of carbonyl (C=O) groups is 3. The van der Waals surface area contributed by atoms with E-state index in [0.29, 0.717) is 46.0 Å². The Labute approximate surface area is 323 Å². The van der Waals surface area contributed by atoms with Gasteiger partial charge in [0, 0.05) is 54.1 Å². The number of rotatable bonds is 8. The predicted molar refractivity (Wildman–Crippen MR) is 200 cm³/mol. The number of pyridine rings is 2. The van der Waals surface area contributed by atoms with Crippen molar-refractivity contribution in [1.82, 2.24) is 30.0 Å². The number of likely N-dealkylation sites (tertiary alicyclic amines) is 1.